The Balaban J connectivity index is 0.00000289. The van der Waals surface area contributed by atoms with Crippen LogP contribution in [0.1, 0.15) is 45.1 Å². The number of methoxy groups -OCH3 is 1. The van der Waals surface area contributed by atoms with Gasteiger partial charge in [-0.25, -0.2) is 12.8 Å². The van der Waals surface area contributed by atoms with Crippen molar-refractivity contribution in [2.75, 3.05) is 13.7 Å². The van der Waals surface area contributed by atoms with E-state index in [2.05, 4.69) is 0 Å². The van der Waals surface area contributed by atoms with E-state index in [1.807, 2.05) is 36.4 Å². The number of allylic oxidation sites excluding steroid dienone is 2. The van der Waals surface area contributed by atoms with Crippen molar-refractivity contribution in [1.82, 2.24) is 4.31 Å². The Morgan fingerprint density at radius 1 is 1.24 bits per heavy atom. The Morgan fingerprint density at radius 2 is 1.97 bits per heavy atom. The topological polar surface area (TPSA) is 83.9 Å². The van der Waals surface area contributed by atoms with Crippen LogP contribution in [0.25, 0.3) is 0 Å². The van der Waals surface area contributed by atoms with E-state index in [9.17, 15) is 17.6 Å². The summed E-state index contributed by atoms with van der Waals surface area (Å²) in [5.74, 6) is -0.598. The molecule has 174 valence electrons. The molecule has 0 radical (unpaired) electrons. The number of carbonyl (C=O) groups is 1. The van der Waals surface area contributed by atoms with Crippen molar-refractivity contribution in [1.29, 1.82) is 0 Å². The first-order chi connectivity index (χ1) is 15.3. The average molecular weight is 486 g/mol. The number of sulfonamides is 1. The van der Waals surface area contributed by atoms with Crippen molar-refractivity contribution in [2.45, 2.75) is 43.0 Å². The van der Waals surface area contributed by atoms with E-state index in [-0.39, 0.29) is 54.3 Å². The van der Waals surface area contributed by atoms with Crippen LogP contribution in [0.2, 0.25) is 0 Å². The molecule has 0 unspecified atom stereocenters. The van der Waals surface area contributed by atoms with Gasteiger partial charge in [0, 0.05) is 13.0 Å². The number of carboxylic acids is 1. The van der Waals surface area contributed by atoms with E-state index in [0.29, 0.717) is 38.0 Å². The average Bonchev–Trinajstić information content (AvgIpc) is 3.21. The molecule has 1 saturated heterocycles. The van der Waals surface area contributed by atoms with Gasteiger partial charge in [-0.3, -0.25) is 4.79 Å². The molecule has 1 aliphatic heterocycles. The van der Waals surface area contributed by atoms with Crippen LogP contribution in [0, 0.1) is 11.7 Å². The quantitative estimate of drug-likeness (QED) is 0.316. The number of ether oxygens (including phenoxy) is 1. The summed E-state index contributed by atoms with van der Waals surface area (Å²) in [5.41, 5.74) is 0.844. The smallest absolute Gasteiger partial charge is 1.00 e. The van der Waals surface area contributed by atoms with Gasteiger partial charge in [-0.2, -0.15) is 4.31 Å². The van der Waals surface area contributed by atoms with E-state index >= 15 is 0 Å². The molecule has 2 aromatic rings. The number of carboxylic acid groups (broad SMARTS) is 1. The van der Waals surface area contributed by atoms with E-state index in [4.69, 9.17) is 9.84 Å². The van der Waals surface area contributed by atoms with Crippen molar-refractivity contribution in [2.24, 2.45) is 5.92 Å². The number of hydrogen-bond donors (Lipinski definition) is 1. The number of halogens is 1. The van der Waals surface area contributed by atoms with Crippen LogP contribution in [0.3, 0.4) is 0 Å². The fraction of sp³-hybridized carbons (Fsp3) is 0.375. The maximum absolute atomic E-state index is 13.4. The summed E-state index contributed by atoms with van der Waals surface area (Å²) < 4.78 is 47.0. The second-order valence-corrected chi connectivity index (χ2v) is 9.72. The molecule has 33 heavy (non-hydrogen) atoms. The number of benzene rings is 2. The molecule has 0 saturated carbocycles. The second kappa shape index (κ2) is 12.7. The summed E-state index contributed by atoms with van der Waals surface area (Å²) in [6, 6.07) is 11.9. The van der Waals surface area contributed by atoms with Crippen LogP contribution in [-0.2, 0) is 14.8 Å². The van der Waals surface area contributed by atoms with Gasteiger partial charge in [-0.15, -0.1) is 0 Å². The minimum atomic E-state index is -3.82. The molecule has 9 heteroatoms. The largest absolute Gasteiger partial charge is 1.00 e. The number of aliphatic carboxylic acids is 1. The Hall–Kier alpha value is -1.71. The van der Waals surface area contributed by atoms with Crippen LogP contribution < -0.4 is 34.3 Å². The molecule has 6 nitrogen and oxygen atoms in total. The molecule has 1 aliphatic rings. The number of rotatable bonds is 10. The summed E-state index contributed by atoms with van der Waals surface area (Å²) in [6.45, 7) is 0.360. The molecule has 0 bridgehead atoms. The fourth-order valence-corrected chi connectivity index (χ4v) is 5.80. The molecule has 0 aliphatic carbocycles. The zero-order valence-corrected chi connectivity index (χ0v) is 21.8. The van der Waals surface area contributed by atoms with Crippen molar-refractivity contribution in [3.8, 4) is 5.75 Å². The molecule has 2 aromatic carbocycles. The van der Waals surface area contributed by atoms with Gasteiger partial charge in [0.2, 0.25) is 10.0 Å². The Kier molecular flexibility index (Phi) is 10.6. The van der Waals surface area contributed by atoms with Crippen LogP contribution in [-0.4, -0.2) is 37.5 Å². The molecule has 1 N–H and O–H groups in total. The van der Waals surface area contributed by atoms with Gasteiger partial charge in [0.05, 0.1) is 18.0 Å². The van der Waals surface area contributed by atoms with Gasteiger partial charge < -0.3 is 11.3 Å². The molecule has 1 heterocycles. The van der Waals surface area contributed by atoms with Crippen LogP contribution >= 0.6 is 0 Å². The first kappa shape index (κ1) is 27.5. The third-order valence-corrected chi connectivity index (χ3v) is 7.59. The summed E-state index contributed by atoms with van der Waals surface area (Å²) in [7, 11) is -2.25. The molecule has 0 spiro atoms. The standard InChI is InChI=1S/C24H28FNO5S.Na.H/c1-31-21-9-6-8-19(17-21)24-18(7-4-2-3-5-10-23(27)28)15-16-26(24)32(29,30)22-13-11-20(25)12-14-22;;/h2,4,6,8-9,11-14,17-18,24H,3,5,7,10,15-16H2,1H3,(H,27,28);;/q;+1;-1/b4-2-;;/t18-,24+;;/m1../s1. The fourth-order valence-electron chi connectivity index (χ4n) is 4.11. The summed E-state index contributed by atoms with van der Waals surface area (Å²) in [4.78, 5) is 10.7. The van der Waals surface area contributed by atoms with Gasteiger partial charge in [-0.05, 0) is 73.6 Å². The molecule has 0 aromatic heterocycles. The predicted molar refractivity (Wildman–Crippen MR) is 120 cm³/mol. The van der Waals surface area contributed by atoms with E-state index < -0.39 is 21.8 Å². The van der Waals surface area contributed by atoms with Crippen LogP contribution in [0.5, 0.6) is 5.75 Å². The Bertz CT molecular complexity index is 1070. The van der Waals surface area contributed by atoms with Crippen molar-refractivity contribution < 1.29 is 58.4 Å². The van der Waals surface area contributed by atoms with Gasteiger partial charge >= 0.3 is 35.5 Å². The van der Waals surface area contributed by atoms with Gasteiger partial charge in [0.15, 0.2) is 0 Å². The third kappa shape index (κ3) is 7.13. The second-order valence-electron chi connectivity index (χ2n) is 7.83. The summed E-state index contributed by atoms with van der Waals surface area (Å²) in [6.07, 6.45) is 6.69. The maximum atomic E-state index is 13.4. The van der Waals surface area contributed by atoms with Crippen LogP contribution in [0.15, 0.2) is 65.6 Å². The zero-order valence-electron chi connectivity index (χ0n) is 20.0. The monoisotopic (exact) mass is 485 g/mol. The van der Waals surface area contributed by atoms with E-state index in [1.165, 1.54) is 16.4 Å². The third-order valence-electron chi connectivity index (χ3n) is 5.70. The number of unbranched alkanes of at least 4 members (excludes halogenated alkanes) is 1. The van der Waals surface area contributed by atoms with Gasteiger partial charge in [0.1, 0.15) is 11.6 Å². The van der Waals surface area contributed by atoms with Gasteiger partial charge in [-0.1, -0.05) is 24.3 Å². The Labute approximate surface area is 218 Å². The number of hydrogen-bond acceptors (Lipinski definition) is 4. The van der Waals surface area contributed by atoms with Crippen molar-refractivity contribution in [3.63, 3.8) is 0 Å². The van der Waals surface area contributed by atoms with E-state index in [0.717, 1.165) is 17.7 Å². The molecule has 2 atom stereocenters. The minimum Gasteiger partial charge on any atom is -1.00 e. The predicted octanol–water partition coefficient (Wildman–Crippen LogP) is 1.90. The number of nitrogens with zero attached hydrogens (tertiary/aromatic N) is 1. The first-order valence-electron chi connectivity index (χ1n) is 10.6. The Morgan fingerprint density at radius 3 is 2.64 bits per heavy atom. The molecule has 1 fully saturated rings. The normalized spacial score (nSPS) is 18.8. The molecule has 0 amide bonds. The summed E-state index contributed by atoms with van der Waals surface area (Å²) in [5, 5.41) is 8.74. The van der Waals surface area contributed by atoms with Crippen molar-refractivity contribution >= 4 is 16.0 Å². The SMILES string of the molecule is COc1cccc([C@@H]2[C@H](C/C=C\CCCC(=O)O)CCN2S(=O)(=O)c2ccc(F)cc2)c1.[H-].[Na+]. The van der Waals surface area contributed by atoms with Crippen molar-refractivity contribution in [3.05, 3.63) is 72.1 Å². The minimum absolute atomic E-state index is 0. The maximum Gasteiger partial charge on any atom is 1.00 e. The first-order valence-corrected chi connectivity index (χ1v) is 12.0. The van der Waals surface area contributed by atoms with Gasteiger partial charge in [0.25, 0.3) is 0 Å². The zero-order chi connectivity index (χ0) is 23.1. The molecular weight excluding hydrogens is 456 g/mol. The summed E-state index contributed by atoms with van der Waals surface area (Å²) >= 11 is 0. The molecule has 3 rings (SSSR count). The molecular formula is C24H29FNNaO5S. The van der Waals surface area contributed by atoms with E-state index in [1.54, 1.807) is 7.11 Å². The van der Waals surface area contributed by atoms with Crippen LogP contribution in [0.4, 0.5) is 4.39 Å².